The van der Waals surface area contributed by atoms with Gasteiger partial charge in [0.05, 0.1) is 17.5 Å². The summed E-state index contributed by atoms with van der Waals surface area (Å²) in [6.07, 6.45) is 0. The van der Waals surface area contributed by atoms with Gasteiger partial charge >= 0.3 is 5.97 Å². The van der Waals surface area contributed by atoms with Crippen LogP contribution in [-0.2, 0) is 19.6 Å². The third-order valence-corrected chi connectivity index (χ3v) is 4.18. The van der Waals surface area contributed by atoms with Crippen LogP contribution in [0.4, 0.5) is 0 Å². The van der Waals surface area contributed by atoms with Gasteiger partial charge in [0.25, 0.3) is 0 Å². The minimum absolute atomic E-state index is 0.0398. The number of rotatable bonds is 4. The number of pyridine rings is 1. The number of benzene rings is 1. The molecule has 2 aromatic rings. The van der Waals surface area contributed by atoms with E-state index in [2.05, 4.69) is 14.4 Å². The summed E-state index contributed by atoms with van der Waals surface area (Å²) in [4.78, 5) is 15.1. The van der Waals surface area contributed by atoms with E-state index in [-0.39, 0.29) is 4.90 Å². The normalized spacial score (nSPS) is 11.5. The number of carbonyl (C=O) groups is 1. The largest absolute Gasteiger partial charge is 0.468 e. The SMILES string of the molecule is COC(=O)CNS(=O)(=O)c1ccc2nc(Cl)ccc2c1. The Morgan fingerprint density at radius 3 is 2.80 bits per heavy atom. The molecule has 0 saturated carbocycles. The first-order valence-electron chi connectivity index (χ1n) is 5.55. The lowest BCUT2D eigenvalue weighted by Gasteiger charge is -2.06. The van der Waals surface area contributed by atoms with Crippen molar-refractivity contribution < 1.29 is 17.9 Å². The van der Waals surface area contributed by atoms with Crippen LogP contribution in [0.15, 0.2) is 35.2 Å². The van der Waals surface area contributed by atoms with Gasteiger partial charge in [0.2, 0.25) is 10.0 Å². The highest BCUT2D eigenvalue weighted by Crippen LogP contribution is 2.19. The maximum Gasteiger partial charge on any atom is 0.320 e. The zero-order chi connectivity index (χ0) is 14.8. The average Bonchev–Trinajstić information content (AvgIpc) is 2.44. The molecule has 0 aliphatic carbocycles. The molecule has 106 valence electrons. The fraction of sp³-hybridized carbons (Fsp3) is 0.167. The van der Waals surface area contributed by atoms with Crippen molar-refractivity contribution in [1.29, 1.82) is 0 Å². The first kappa shape index (κ1) is 14.7. The second kappa shape index (κ2) is 5.74. The van der Waals surface area contributed by atoms with Crippen molar-refractivity contribution in [2.45, 2.75) is 4.90 Å². The lowest BCUT2D eigenvalue weighted by Crippen LogP contribution is -2.30. The number of esters is 1. The van der Waals surface area contributed by atoms with Crippen LogP contribution in [0.2, 0.25) is 5.15 Å². The van der Waals surface area contributed by atoms with Crippen LogP contribution in [0.5, 0.6) is 0 Å². The number of hydrogen-bond acceptors (Lipinski definition) is 5. The molecule has 0 saturated heterocycles. The first-order chi connectivity index (χ1) is 9.42. The summed E-state index contributed by atoms with van der Waals surface area (Å²) in [6.45, 7) is -0.421. The number of ether oxygens (including phenoxy) is 1. The topological polar surface area (TPSA) is 85.4 Å². The Morgan fingerprint density at radius 2 is 2.10 bits per heavy atom. The van der Waals surface area contributed by atoms with Gasteiger partial charge in [-0.2, -0.15) is 4.72 Å². The van der Waals surface area contributed by atoms with E-state index in [1.807, 2.05) is 0 Å². The summed E-state index contributed by atoms with van der Waals surface area (Å²) >= 11 is 5.76. The van der Waals surface area contributed by atoms with E-state index in [1.54, 1.807) is 18.2 Å². The highest BCUT2D eigenvalue weighted by molar-refractivity contribution is 7.89. The van der Waals surface area contributed by atoms with Crippen LogP contribution in [0.1, 0.15) is 0 Å². The molecule has 0 bridgehead atoms. The van der Waals surface area contributed by atoms with E-state index in [1.165, 1.54) is 19.2 Å². The highest BCUT2D eigenvalue weighted by atomic mass is 35.5. The van der Waals surface area contributed by atoms with Crippen molar-refractivity contribution in [2.24, 2.45) is 0 Å². The van der Waals surface area contributed by atoms with Gasteiger partial charge in [-0.25, -0.2) is 13.4 Å². The molecule has 0 amide bonds. The highest BCUT2D eigenvalue weighted by Gasteiger charge is 2.16. The maximum absolute atomic E-state index is 12.0. The number of fused-ring (bicyclic) bond motifs is 1. The van der Waals surface area contributed by atoms with E-state index in [9.17, 15) is 13.2 Å². The Kier molecular flexibility index (Phi) is 4.22. The minimum Gasteiger partial charge on any atom is -0.468 e. The van der Waals surface area contributed by atoms with Crippen LogP contribution in [0.3, 0.4) is 0 Å². The molecular formula is C12H11ClN2O4S. The molecule has 8 heteroatoms. The Balaban J connectivity index is 2.32. The third-order valence-electron chi connectivity index (χ3n) is 2.57. The Hall–Kier alpha value is -1.70. The number of aromatic nitrogens is 1. The Bertz CT molecular complexity index is 761. The lowest BCUT2D eigenvalue weighted by atomic mass is 10.2. The number of carbonyl (C=O) groups excluding carboxylic acids is 1. The minimum atomic E-state index is -3.78. The fourth-order valence-corrected chi connectivity index (χ4v) is 2.71. The molecule has 1 aromatic heterocycles. The zero-order valence-corrected chi connectivity index (χ0v) is 12.0. The molecule has 1 N–H and O–H groups in total. The molecule has 0 unspecified atom stereocenters. The van der Waals surface area contributed by atoms with Gasteiger partial charge in [-0.1, -0.05) is 11.6 Å². The zero-order valence-electron chi connectivity index (χ0n) is 10.5. The van der Waals surface area contributed by atoms with Gasteiger partial charge in [0.1, 0.15) is 11.7 Å². The van der Waals surface area contributed by atoms with Crippen molar-refractivity contribution in [2.75, 3.05) is 13.7 Å². The predicted molar refractivity (Wildman–Crippen MR) is 74.0 cm³/mol. The number of sulfonamides is 1. The second-order valence-corrected chi connectivity index (χ2v) is 6.04. The van der Waals surface area contributed by atoms with E-state index < -0.39 is 22.5 Å². The van der Waals surface area contributed by atoms with Crippen molar-refractivity contribution in [3.63, 3.8) is 0 Å². The van der Waals surface area contributed by atoms with Crippen molar-refractivity contribution in [3.8, 4) is 0 Å². The third kappa shape index (κ3) is 3.24. The fourth-order valence-electron chi connectivity index (χ4n) is 1.56. The van der Waals surface area contributed by atoms with Crippen LogP contribution < -0.4 is 4.72 Å². The smallest absolute Gasteiger partial charge is 0.320 e. The Labute approximate surface area is 120 Å². The molecule has 20 heavy (non-hydrogen) atoms. The Morgan fingerprint density at radius 1 is 1.35 bits per heavy atom. The molecule has 0 fully saturated rings. The van der Waals surface area contributed by atoms with Gasteiger partial charge in [-0.05, 0) is 30.3 Å². The number of nitrogens with one attached hydrogen (secondary N) is 1. The number of halogens is 1. The molecule has 1 heterocycles. The van der Waals surface area contributed by atoms with Crippen LogP contribution >= 0.6 is 11.6 Å². The molecule has 1 aromatic carbocycles. The van der Waals surface area contributed by atoms with E-state index in [0.29, 0.717) is 16.1 Å². The van der Waals surface area contributed by atoms with Gasteiger partial charge in [0, 0.05) is 5.39 Å². The predicted octanol–water partition coefficient (Wildman–Crippen LogP) is 1.34. The van der Waals surface area contributed by atoms with Gasteiger partial charge in [0.15, 0.2) is 0 Å². The molecule has 6 nitrogen and oxygen atoms in total. The molecule has 0 aliphatic heterocycles. The molecule has 0 atom stereocenters. The van der Waals surface area contributed by atoms with Crippen LogP contribution in [-0.4, -0.2) is 33.0 Å². The molecular weight excluding hydrogens is 304 g/mol. The number of methoxy groups -OCH3 is 1. The standard InChI is InChI=1S/C12H11ClN2O4S/c1-19-12(16)7-14-20(17,18)9-3-4-10-8(6-9)2-5-11(13)15-10/h2-6,14H,7H2,1H3. The lowest BCUT2D eigenvalue weighted by molar-refractivity contribution is -0.139. The van der Waals surface area contributed by atoms with Crippen molar-refractivity contribution >= 4 is 38.5 Å². The summed E-state index contributed by atoms with van der Waals surface area (Å²) in [7, 11) is -2.60. The number of hydrogen-bond donors (Lipinski definition) is 1. The quantitative estimate of drug-likeness (QED) is 0.680. The second-order valence-electron chi connectivity index (χ2n) is 3.89. The van der Waals surface area contributed by atoms with Crippen LogP contribution in [0.25, 0.3) is 10.9 Å². The van der Waals surface area contributed by atoms with E-state index >= 15 is 0 Å². The summed E-state index contributed by atoms with van der Waals surface area (Å²) in [6, 6.07) is 7.64. The maximum atomic E-state index is 12.0. The van der Waals surface area contributed by atoms with E-state index in [4.69, 9.17) is 11.6 Å². The summed E-state index contributed by atoms with van der Waals surface area (Å²) < 4.78 is 30.5. The summed E-state index contributed by atoms with van der Waals surface area (Å²) in [5.41, 5.74) is 0.587. The first-order valence-corrected chi connectivity index (χ1v) is 7.41. The summed E-state index contributed by atoms with van der Waals surface area (Å²) in [5, 5.41) is 0.965. The average molecular weight is 315 g/mol. The van der Waals surface area contributed by atoms with Gasteiger partial charge in [-0.15, -0.1) is 0 Å². The summed E-state index contributed by atoms with van der Waals surface area (Å²) in [5.74, 6) is -0.664. The van der Waals surface area contributed by atoms with Crippen LogP contribution in [0, 0.1) is 0 Å². The monoisotopic (exact) mass is 314 g/mol. The molecule has 2 rings (SSSR count). The van der Waals surface area contributed by atoms with Crippen molar-refractivity contribution in [3.05, 3.63) is 35.5 Å². The molecule has 0 aliphatic rings. The molecule has 0 spiro atoms. The van der Waals surface area contributed by atoms with Crippen molar-refractivity contribution in [1.82, 2.24) is 9.71 Å². The van der Waals surface area contributed by atoms with Gasteiger partial charge < -0.3 is 4.74 Å². The number of nitrogens with zero attached hydrogens (tertiary/aromatic N) is 1. The molecule has 0 radical (unpaired) electrons. The van der Waals surface area contributed by atoms with E-state index in [0.717, 1.165) is 0 Å². The van der Waals surface area contributed by atoms with Gasteiger partial charge in [-0.3, -0.25) is 4.79 Å².